The van der Waals surface area contributed by atoms with E-state index in [0.29, 0.717) is 11.7 Å². The first kappa shape index (κ1) is 16.5. The predicted molar refractivity (Wildman–Crippen MR) is 103 cm³/mol. The molecular formula is C19H16N6O2. The van der Waals surface area contributed by atoms with Crippen molar-refractivity contribution in [2.75, 3.05) is 12.4 Å². The molecule has 0 atom stereocenters. The first-order valence-electron chi connectivity index (χ1n) is 8.19. The molecule has 0 saturated heterocycles. The molecule has 3 aromatic carbocycles. The molecule has 0 amide bonds. The molecule has 2 N–H and O–H groups in total. The Hall–Kier alpha value is -3.94. The third kappa shape index (κ3) is 3.40. The van der Waals surface area contributed by atoms with Gasteiger partial charge in [-0.1, -0.05) is 46.3 Å². The Labute approximate surface area is 154 Å². The average Bonchev–Trinajstić information content (AvgIpc) is 3.14. The molecule has 0 unspecified atom stereocenters. The molecule has 0 aliphatic heterocycles. The fourth-order valence-corrected chi connectivity index (χ4v) is 2.69. The number of anilines is 2. The molecule has 8 nitrogen and oxygen atoms in total. The number of nitrogens with zero attached hydrogens (tertiary/aromatic N) is 5. The molecule has 0 spiro atoms. The van der Waals surface area contributed by atoms with Gasteiger partial charge in [0.2, 0.25) is 0 Å². The lowest BCUT2D eigenvalue weighted by molar-refractivity contribution is 0.373. The van der Waals surface area contributed by atoms with E-state index in [9.17, 15) is 5.11 Å². The van der Waals surface area contributed by atoms with Crippen LogP contribution in [0, 0.1) is 0 Å². The molecule has 4 rings (SSSR count). The van der Waals surface area contributed by atoms with Gasteiger partial charge in [0.1, 0.15) is 0 Å². The van der Waals surface area contributed by atoms with Crippen molar-refractivity contribution in [2.45, 2.75) is 0 Å². The molecule has 0 aliphatic rings. The van der Waals surface area contributed by atoms with Gasteiger partial charge in [0.25, 0.3) is 5.95 Å². The number of nitrogens with one attached hydrogen (secondary N) is 1. The van der Waals surface area contributed by atoms with Crippen LogP contribution in [0.4, 0.5) is 11.6 Å². The van der Waals surface area contributed by atoms with Crippen LogP contribution >= 0.6 is 0 Å². The smallest absolute Gasteiger partial charge is 0.269 e. The molecule has 0 bridgehead atoms. The van der Waals surface area contributed by atoms with Gasteiger partial charge in [-0.3, -0.25) is 0 Å². The molecule has 27 heavy (non-hydrogen) atoms. The average molecular weight is 360 g/mol. The fraction of sp³-hybridized carbons (Fsp3) is 0.0526. The summed E-state index contributed by atoms with van der Waals surface area (Å²) in [4.78, 5) is 1.29. The second-order valence-corrected chi connectivity index (χ2v) is 5.72. The lowest BCUT2D eigenvalue weighted by atomic mass is 10.1. The maximum atomic E-state index is 9.66. The number of hydrogen-bond acceptors (Lipinski definition) is 7. The van der Waals surface area contributed by atoms with Crippen LogP contribution in [-0.2, 0) is 0 Å². The topological polar surface area (TPSA) is 97.5 Å². The number of hydrogen-bond donors (Lipinski definition) is 2. The first-order chi connectivity index (χ1) is 13.2. The number of benzene rings is 3. The Kier molecular flexibility index (Phi) is 4.36. The summed E-state index contributed by atoms with van der Waals surface area (Å²) in [6.07, 6.45) is 1.58. The number of aromatic hydroxyl groups is 1. The Bertz CT molecular complexity index is 1120. The largest absolute Gasteiger partial charge is 0.504 e. The molecule has 0 saturated carbocycles. The van der Waals surface area contributed by atoms with Crippen LogP contribution in [-0.4, -0.2) is 38.7 Å². The van der Waals surface area contributed by atoms with Crippen molar-refractivity contribution in [3.63, 3.8) is 0 Å². The highest BCUT2D eigenvalue weighted by Gasteiger charge is 2.08. The predicted octanol–water partition coefficient (Wildman–Crippen LogP) is 3.17. The van der Waals surface area contributed by atoms with E-state index >= 15 is 0 Å². The zero-order valence-electron chi connectivity index (χ0n) is 14.4. The van der Waals surface area contributed by atoms with Crippen LogP contribution < -0.4 is 10.1 Å². The quantitative estimate of drug-likeness (QED) is 0.531. The molecular weight excluding hydrogens is 344 g/mol. The summed E-state index contributed by atoms with van der Waals surface area (Å²) < 4.78 is 5.10. The van der Waals surface area contributed by atoms with E-state index in [0.717, 1.165) is 22.0 Å². The zero-order chi connectivity index (χ0) is 18.6. The minimum atomic E-state index is 0.0652. The number of ether oxygens (including phenoxy) is 1. The van der Waals surface area contributed by atoms with E-state index in [2.05, 4.69) is 25.9 Å². The van der Waals surface area contributed by atoms with Gasteiger partial charge in [0.15, 0.2) is 11.5 Å². The van der Waals surface area contributed by atoms with E-state index in [-0.39, 0.29) is 5.75 Å². The summed E-state index contributed by atoms with van der Waals surface area (Å²) in [5, 5.41) is 30.9. The summed E-state index contributed by atoms with van der Waals surface area (Å²) in [6, 6.07) is 18.9. The lowest BCUT2D eigenvalue weighted by Crippen LogP contribution is -2.01. The number of fused-ring (bicyclic) bond motifs is 1. The number of rotatable bonds is 5. The Morgan fingerprint density at radius 3 is 2.85 bits per heavy atom. The van der Waals surface area contributed by atoms with Crippen molar-refractivity contribution in [3.8, 4) is 11.5 Å². The molecule has 0 radical (unpaired) electrons. The lowest BCUT2D eigenvalue weighted by Gasteiger charge is -2.07. The van der Waals surface area contributed by atoms with Gasteiger partial charge >= 0.3 is 0 Å². The number of aromatic nitrogens is 4. The highest BCUT2D eigenvalue weighted by Crippen LogP contribution is 2.26. The monoisotopic (exact) mass is 360 g/mol. The second kappa shape index (κ2) is 7.12. The maximum Gasteiger partial charge on any atom is 0.269 e. The molecule has 0 aliphatic carbocycles. The van der Waals surface area contributed by atoms with Crippen LogP contribution in [0.25, 0.3) is 10.8 Å². The third-order valence-corrected chi connectivity index (χ3v) is 4.01. The molecule has 1 aromatic heterocycles. The number of tetrazole rings is 1. The standard InChI is InChI=1S/C19H16N6O2/c1-27-18-11-13(9-10-17(18)26)12-20-25-19(22-23-24-25)21-16-8-4-6-14-5-2-3-7-15(14)16/h2-12,26H,1H3,(H,21,22,24). The number of phenolic OH excluding ortho intramolecular Hbond substituents is 1. The highest BCUT2D eigenvalue weighted by atomic mass is 16.5. The summed E-state index contributed by atoms with van der Waals surface area (Å²) >= 11 is 0. The molecule has 4 aromatic rings. The molecule has 134 valence electrons. The zero-order valence-corrected chi connectivity index (χ0v) is 14.4. The maximum absolute atomic E-state index is 9.66. The Morgan fingerprint density at radius 1 is 1.11 bits per heavy atom. The van der Waals surface area contributed by atoms with Crippen LogP contribution in [0.2, 0.25) is 0 Å². The molecule has 0 fully saturated rings. The number of methoxy groups -OCH3 is 1. The normalized spacial score (nSPS) is 11.1. The molecule has 8 heteroatoms. The summed E-state index contributed by atoms with van der Waals surface area (Å²) in [7, 11) is 1.49. The van der Waals surface area contributed by atoms with Gasteiger partial charge in [-0.05, 0) is 45.6 Å². The van der Waals surface area contributed by atoms with Gasteiger partial charge in [0.05, 0.1) is 13.3 Å². The third-order valence-electron chi connectivity index (χ3n) is 4.01. The van der Waals surface area contributed by atoms with Crippen LogP contribution in [0.5, 0.6) is 11.5 Å². The van der Waals surface area contributed by atoms with Crippen molar-refractivity contribution in [1.82, 2.24) is 20.3 Å². The minimum Gasteiger partial charge on any atom is -0.504 e. The highest BCUT2D eigenvalue weighted by molar-refractivity contribution is 5.94. The van der Waals surface area contributed by atoms with Gasteiger partial charge in [-0.25, -0.2) is 0 Å². The fourth-order valence-electron chi connectivity index (χ4n) is 2.69. The van der Waals surface area contributed by atoms with Crippen LogP contribution in [0.1, 0.15) is 5.56 Å². The van der Waals surface area contributed by atoms with E-state index in [4.69, 9.17) is 4.74 Å². The van der Waals surface area contributed by atoms with Gasteiger partial charge < -0.3 is 15.2 Å². The summed E-state index contributed by atoms with van der Waals surface area (Å²) in [6.45, 7) is 0. The first-order valence-corrected chi connectivity index (χ1v) is 8.19. The van der Waals surface area contributed by atoms with E-state index in [1.807, 2.05) is 42.5 Å². The van der Waals surface area contributed by atoms with Crippen molar-refractivity contribution >= 4 is 28.6 Å². The summed E-state index contributed by atoms with van der Waals surface area (Å²) in [5.41, 5.74) is 1.61. The van der Waals surface area contributed by atoms with Gasteiger partial charge in [-0.15, -0.1) is 0 Å². The van der Waals surface area contributed by atoms with E-state index in [1.165, 1.54) is 18.0 Å². The van der Waals surface area contributed by atoms with Crippen molar-refractivity contribution in [1.29, 1.82) is 0 Å². The number of phenols is 1. The minimum absolute atomic E-state index is 0.0652. The van der Waals surface area contributed by atoms with E-state index < -0.39 is 0 Å². The van der Waals surface area contributed by atoms with Gasteiger partial charge in [0, 0.05) is 11.1 Å². The second-order valence-electron chi connectivity index (χ2n) is 5.72. The van der Waals surface area contributed by atoms with Crippen molar-refractivity contribution in [2.24, 2.45) is 5.10 Å². The van der Waals surface area contributed by atoms with Crippen molar-refractivity contribution in [3.05, 3.63) is 66.2 Å². The Balaban J connectivity index is 1.61. The van der Waals surface area contributed by atoms with E-state index in [1.54, 1.807) is 18.3 Å². The SMILES string of the molecule is COc1cc(C=Nn2nnnc2Nc2cccc3ccccc23)ccc1O. The Morgan fingerprint density at radius 2 is 1.96 bits per heavy atom. The molecule has 1 heterocycles. The van der Waals surface area contributed by atoms with Gasteiger partial charge in [-0.2, -0.15) is 5.10 Å². The van der Waals surface area contributed by atoms with Crippen LogP contribution in [0.15, 0.2) is 65.8 Å². The summed E-state index contributed by atoms with van der Waals surface area (Å²) in [5.74, 6) is 0.813. The van der Waals surface area contributed by atoms with Crippen molar-refractivity contribution < 1.29 is 9.84 Å². The van der Waals surface area contributed by atoms with Crippen LogP contribution in [0.3, 0.4) is 0 Å².